The van der Waals surface area contributed by atoms with Crippen molar-refractivity contribution in [2.75, 3.05) is 17.3 Å². The van der Waals surface area contributed by atoms with Crippen LogP contribution in [0.3, 0.4) is 0 Å². The Kier molecular flexibility index (Phi) is 5.87. The fraction of sp³-hybridized carbons (Fsp3) is 0.286. The number of carbonyl (C=O) groups excluding carboxylic acids is 1. The zero-order valence-corrected chi connectivity index (χ0v) is 18.4. The van der Waals surface area contributed by atoms with Gasteiger partial charge in [0.25, 0.3) is 0 Å². The standard InChI is InChI=1S/C21H22ClN5O2S/c1-4-29-16-9-6-14(7-10-16)18-19(30-21-25-24-13(3)27(21)26-18)20(28)23-17-11-15(22)8-5-12(17)2/h5-11,18-19,26H,4H2,1-3H3,(H,23,28)/t18-,19+/m1/s1. The number of thioether (sulfide) groups is 1. The van der Waals surface area contributed by atoms with Crippen LogP contribution in [0.2, 0.25) is 5.02 Å². The topological polar surface area (TPSA) is 81.1 Å². The van der Waals surface area contributed by atoms with E-state index in [0.29, 0.717) is 22.5 Å². The fourth-order valence-electron chi connectivity index (χ4n) is 3.28. The third-order valence-electron chi connectivity index (χ3n) is 4.86. The Morgan fingerprint density at radius 3 is 2.73 bits per heavy atom. The van der Waals surface area contributed by atoms with Gasteiger partial charge in [-0.3, -0.25) is 4.79 Å². The number of benzene rings is 2. The molecule has 7 nitrogen and oxygen atoms in total. The van der Waals surface area contributed by atoms with E-state index in [4.69, 9.17) is 16.3 Å². The molecule has 1 aliphatic rings. The highest BCUT2D eigenvalue weighted by atomic mass is 35.5. The number of anilines is 1. The maximum Gasteiger partial charge on any atom is 0.240 e. The maximum atomic E-state index is 13.3. The summed E-state index contributed by atoms with van der Waals surface area (Å²) in [6, 6.07) is 12.9. The van der Waals surface area contributed by atoms with E-state index in [2.05, 4.69) is 20.9 Å². The molecule has 2 heterocycles. The molecule has 0 saturated carbocycles. The van der Waals surface area contributed by atoms with E-state index >= 15 is 0 Å². The number of aryl methyl sites for hydroxylation is 2. The maximum absolute atomic E-state index is 13.3. The second-order valence-corrected chi connectivity index (χ2v) is 8.51. The second-order valence-electron chi connectivity index (χ2n) is 6.96. The molecular formula is C21H22ClN5O2S. The van der Waals surface area contributed by atoms with Crippen molar-refractivity contribution in [3.05, 3.63) is 64.4 Å². The lowest BCUT2D eigenvalue weighted by Gasteiger charge is -2.33. The van der Waals surface area contributed by atoms with Gasteiger partial charge in [0.1, 0.15) is 16.8 Å². The SMILES string of the molecule is CCOc1ccc([C@H]2Nn3c(C)nnc3S[C@@H]2C(=O)Nc2cc(Cl)ccc2C)cc1. The van der Waals surface area contributed by atoms with Crippen molar-refractivity contribution in [2.45, 2.75) is 37.2 Å². The van der Waals surface area contributed by atoms with E-state index in [9.17, 15) is 4.79 Å². The quantitative estimate of drug-likeness (QED) is 0.610. The van der Waals surface area contributed by atoms with Crippen molar-refractivity contribution in [1.82, 2.24) is 14.9 Å². The highest BCUT2D eigenvalue weighted by Gasteiger charge is 2.37. The van der Waals surface area contributed by atoms with Crippen LogP contribution in [0.4, 0.5) is 5.69 Å². The monoisotopic (exact) mass is 443 g/mol. The van der Waals surface area contributed by atoms with Gasteiger partial charge in [-0.15, -0.1) is 10.2 Å². The minimum Gasteiger partial charge on any atom is -0.494 e. The molecule has 0 unspecified atom stereocenters. The zero-order chi connectivity index (χ0) is 21.3. The van der Waals surface area contributed by atoms with E-state index in [-0.39, 0.29) is 11.9 Å². The minimum atomic E-state index is -0.461. The van der Waals surface area contributed by atoms with E-state index in [1.807, 2.05) is 55.8 Å². The summed E-state index contributed by atoms with van der Waals surface area (Å²) in [6.07, 6.45) is 0. The fourth-order valence-corrected chi connectivity index (χ4v) is 4.58. The predicted octanol–water partition coefficient (Wildman–Crippen LogP) is 4.34. The molecule has 1 amide bonds. The van der Waals surface area contributed by atoms with Gasteiger partial charge in [-0.2, -0.15) is 0 Å². The summed E-state index contributed by atoms with van der Waals surface area (Å²) in [5, 5.41) is 12.1. The zero-order valence-electron chi connectivity index (χ0n) is 16.8. The third-order valence-corrected chi connectivity index (χ3v) is 6.31. The molecule has 0 aliphatic carbocycles. The molecule has 2 atom stereocenters. The van der Waals surface area contributed by atoms with E-state index in [1.165, 1.54) is 11.8 Å². The Balaban J connectivity index is 1.65. The molecule has 3 aromatic rings. The number of hydrogen-bond acceptors (Lipinski definition) is 6. The number of amides is 1. The summed E-state index contributed by atoms with van der Waals surface area (Å²) >= 11 is 7.50. The van der Waals surface area contributed by atoms with Gasteiger partial charge in [0.05, 0.1) is 12.6 Å². The van der Waals surface area contributed by atoms with Gasteiger partial charge in [-0.1, -0.05) is 41.6 Å². The van der Waals surface area contributed by atoms with Crippen LogP contribution < -0.4 is 15.5 Å². The molecule has 0 fully saturated rings. The number of halogens is 1. The number of fused-ring (bicyclic) bond motifs is 1. The first-order valence-corrected chi connectivity index (χ1v) is 10.9. The lowest BCUT2D eigenvalue weighted by Crippen LogP contribution is -2.41. The van der Waals surface area contributed by atoms with E-state index in [0.717, 1.165) is 22.7 Å². The van der Waals surface area contributed by atoms with E-state index in [1.54, 1.807) is 12.1 Å². The normalized spacial score (nSPS) is 17.7. The number of carbonyl (C=O) groups is 1. The van der Waals surface area contributed by atoms with Gasteiger partial charge < -0.3 is 15.5 Å². The minimum absolute atomic E-state index is 0.136. The highest BCUT2D eigenvalue weighted by Crippen LogP contribution is 2.38. The first-order chi connectivity index (χ1) is 14.5. The summed E-state index contributed by atoms with van der Waals surface area (Å²) in [4.78, 5) is 13.3. The van der Waals surface area contributed by atoms with Crippen LogP contribution in [-0.2, 0) is 4.79 Å². The molecule has 4 rings (SSSR count). The Hall–Kier alpha value is -2.71. The van der Waals surface area contributed by atoms with Gasteiger partial charge in [-0.25, -0.2) is 4.68 Å². The number of nitrogens with zero attached hydrogens (tertiary/aromatic N) is 3. The van der Waals surface area contributed by atoms with Crippen LogP contribution in [-0.4, -0.2) is 32.6 Å². The van der Waals surface area contributed by atoms with Crippen LogP contribution in [0.1, 0.15) is 29.9 Å². The van der Waals surface area contributed by atoms with Crippen LogP contribution in [0, 0.1) is 13.8 Å². The number of aromatic nitrogens is 3. The molecule has 9 heteroatoms. The van der Waals surface area contributed by atoms with Crippen LogP contribution >= 0.6 is 23.4 Å². The predicted molar refractivity (Wildman–Crippen MR) is 119 cm³/mol. The van der Waals surface area contributed by atoms with Crippen molar-refractivity contribution in [3.8, 4) is 5.75 Å². The first-order valence-electron chi connectivity index (χ1n) is 9.61. The van der Waals surface area contributed by atoms with Gasteiger partial charge in [-0.05, 0) is 56.2 Å². The molecule has 0 spiro atoms. The number of rotatable bonds is 5. The molecule has 156 valence electrons. The lowest BCUT2D eigenvalue weighted by molar-refractivity contribution is -0.116. The van der Waals surface area contributed by atoms with Gasteiger partial charge >= 0.3 is 0 Å². The largest absolute Gasteiger partial charge is 0.494 e. The number of ether oxygens (including phenoxy) is 1. The Bertz CT molecular complexity index is 1070. The van der Waals surface area contributed by atoms with Crippen molar-refractivity contribution >= 4 is 35.0 Å². The van der Waals surface area contributed by atoms with Gasteiger partial charge in [0.2, 0.25) is 11.1 Å². The molecule has 1 aromatic heterocycles. The van der Waals surface area contributed by atoms with E-state index < -0.39 is 5.25 Å². The molecular weight excluding hydrogens is 422 g/mol. The Morgan fingerprint density at radius 2 is 2.00 bits per heavy atom. The Morgan fingerprint density at radius 1 is 1.23 bits per heavy atom. The van der Waals surface area contributed by atoms with Crippen molar-refractivity contribution in [1.29, 1.82) is 0 Å². The van der Waals surface area contributed by atoms with Crippen molar-refractivity contribution in [3.63, 3.8) is 0 Å². The summed E-state index contributed by atoms with van der Waals surface area (Å²) in [5.41, 5.74) is 6.00. The number of nitrogens with one attached hydrogen (secondary N) is 2. The third kappa shape index (κ3) is 4.11. The summed E-state index contributed by atoms with van der Waals surface area (Å²) in [5.74, 6) is 1.39. The average Bonchev–Trinajstić information content (AvgIpc) is 3.10. The lowest BCUT2D eigenvalue weighted by atomic mass is 10.0. The number of hydrogen-bond donors (Lipinski definition) is 2. The summed E-state index contributed by atoms with van der Waals surface area (Å²) in [6.45, 7) is 6.35. The smallest absolute Gasteiger partial charge is 0.240 e. The van der Waals surface area contributed by atoms with Crippen LogP contribution in [0.25, 0.3) is 0 Å². The molecule has 0 saturated heterocycles. The average molecular weight is 444 g/mol. The van der Waals surface area contributed by atoms with Crippen molar-refractivity contribution < 1.29 is 9.53 Å². The second kappa shape index (κ2) is 8.57. The molecule has 0 bridgehead atoms. The Labute approximate surface area is 184 Å². The van der Waals surface area contributed by atoms with Crippen LogP contribution in [0.5, 0.6) is 5.75 Å². The first kappa shape index (κ1) is 20.6. The molecule has 2 N–H and O–H groups in total. The van der Waals surface area contributed by atoms with Crippen LogP contribution in [0.15, 0.2) is 47.6 Å². The summed E-state index contributed by atoms with van der Waals surface area (Å²) < 4.78 is 7.37. The highest BCUT2D eigenvalue weighted by molar-refractivity contribution is 8.00. The molecule has 30 heavy (non-hydrogen) atoms. The van der Waals surface area contributed by atoms with Crippen molar-refractivity contribution in [2.24, 2.45) is 0 Å². The molecule has 0 radical (unpaired) electrons. The van der Waals surface area contributed by atoms with Gasteiger partial charge in [0.15, 0.2) is 0 Å². The molecule has 1 aliphatic heterocycles. The molecule has 2 aromatic carbocycles. The summed E-state index contributed by atoms with van der Waals surface area (Å²) in [7, 11) is 0. The van der Waals surface area contributed by atoms with Gasteiger partial charge in [0, 0.05) is 10.7 Å².